The topological polar surface area (TPSA) is 51.2 Å². The average molecular weight is 422 g/mol. The quantitative estimate of drug-likeness (QED) is 0.763. The number of hydrogen-bond donors (Lipinski definition) is 1. The smallest absolute Gasteiger partial charge is 0.252 e. The van der Waals surface area contributed by atoms with Crippen molar-refractivity contribution < 1.29 is 9.53 Å². The first kappa shape index (κ1) is 16.2. The minimum atomic E-state index is 0.0177. The van der Waals surface area contributed by atoms with Crippen LogP contribution in [0.15, 0.2) is 48.7 Å². The van der Waals surface area contributed by atoms with E-state index in [9.17, 15) is 4.79 Å². The van der Waals surface area contributed by atoms with E-state index in [2.05, 4.69) is 32.9 Å². The maximum Gasteiger partial charge on any atom is 0.252 e. The molecular weight excluding hydrogens is 403 g/mol. The van der Waals surface area contributed by atoms with Crippen LogP contribution in [0.2, 0.25) is 0 Å². The summed E-state index contributed by atoms with van der Waals surface area (Å²) in [6.07, 6.45) is 5.68. The van der Waals surface area contributed by atoms with Crippen molar-refractivity contribution in [2.75, 3.05) is 0 Å². The van der Waals surface area contributed by atoms with Gasteiger partial charge in [0.05, 0.1) is 5.56 Å². The van der Waals surface area contributed by atoms with E-state index in [0.29, 0.717) is 5.88 Å². The molecule has 1 aromatic carbocycles. The first-order valence-electron chi connectivity index (χ1n) is 7.85. The second kappa shape index (κ2) is 7.77. The highest BCUT2D eigenvalue weighted by molar-refractivity contribution is 14.1. The van der Waals surface area contributed by atoms with Crippen LogP contribution in [0.25, 0.3) is 0 Å². The van der Waals surface area contributed by atoms with Crippen LogP contribution in [0.1, 0.15) is 36.0 Å². The molecule has 1 aliphatic carbocycles. The number of rotatable bonds is 4. The molecular formula is C18H19IN2O2. The highest BCUT2D eigenvalue weighted by Crippen LogP contribution is 2.23. The molecule has 0 aliphatic heterocycles. The van der Waals surface area contributed by atoms with Crippen molar-refractivity contribution in [1.29, 1.82) is 0 Å². The number of nitrogens with one attached hydrogen (secondary N) is 1. The molecule has 0 atom stereocenters. The number of ether oxygens (including phenoxy) is 1. The third kappa shape index (κ3) is 4.43. The first-order chi connectivity index (χ1) is 11.2. The summed E-state index contributed by atoms with van der Waals surface area (Å²) in [6.45, 7) is 0. The summed E-state index contributed by atoms with van der Waals surface area (Å²) >= 11 is 2.20. The van der Waals surface area contributed by atoms with Gasteiger partial charge in [-0.3, -0.25) is 4.79 Å². The molecule has 0 unspecified atom stereocenters. The highest BCUT2D eigenvalue weighted by Gasteiger charge is 2.24. The van der Waals surface area contributed by atoms with Crippen molar-refractivity contribution in [3.05, 3.63) is 57.8 Å². The fourth-order valence-corrected chi connectivity index (χ4v) is 3.45. The number of benzene rings is 1. The van der Waals surface area contributed by atoms with E-state index in [1.54, 1.807) is 6.20 Å². The zero-order chi connectivity index (χ0) is 16.1. The van der Waals surface area contributed by atoms with Crippen LogP contribution in [-0.4, -0.2) is 23.0 Å². The Morgan fingerprint density at radius 3 is 2.52 bits per heavy atom. The Balaban J connectivity index is 1.49. The zero-order valence-electron chi connectivity index (χ0n) is 12.7. The molecule has 0 spiro atoms. The molecule has 1 amide bonds. The molecule has 4 nitrogen and oxygen atoms in total. The molecule has 1 N–H and O–H groups in total. The summed E-state index contributed by atoms with van der Waals surface area (Å²) in [4.78, 5) is 16.5. The maximum absolute atomic E-state index is 12.3. The molecule has 1 aromatic heterocycles. The maximum atomic E-state index is 12.3. The predicted octanol–water partition coefficient (Wildman–Crippen LogP) is 3.81. The Bertz CT molecular complexity index is 655. The van der Waals surface area contributed by atoms with E-state index in [-0.39, 0.29) is 18.1 Å². The summed E-state index contributed by atoms with van der Waals surface area (Å²) in [5.41, 5.74) is 0.750. The number of nitrogens with zero attached hydrogens (tertiary/aromatic N) is 1. The molecule has 0 saturated heterocycles. The molecule has 1 saturated carbocycles. The predicted molar refractivity (Wildman–Crippen MR) is 97.5 cm³/mol. The van der Waals surface area contributed by atoms with Crippen molar-refractivity contribution in [2.24, 2.45) is 0 Å². The lowest BCUT2D eigenvalue weighted by Gasteiger charge is -2.29. The SMILES string of the molecule is O=C(NC1CCC(Oc2ccccn2)CC1)c1ccccc1I. The molecule has 5 heteroatoms. The van der Waals surface area contributed by atoms with Gasteiger partial charge in [-0.15, -0.1) is 0 Å². The van der Waals surface area contributed by atoms with Crippen LogP contribution < -0.4 is 10.1 Å². The molecule has 1 aliphatic rings. The number of pyridine rings is 1. The number of carbonyl (C=O) groups excluding carboxylic acids is 1. The monoisotopic (exact) mass is 422 g/mol. The number of halogens is 1. The lowest BCUT2D eigenvalue weighted by molar-refractivity contribution is 0.0889. The van der Waals surface area contributed by atoms with Gasteiger partial charge in [0.15, 0.2) is 0 Å². The summed E-state index contributed by atoms with van der Waals surface area (Å²) in [5.74, 6) is 0.697. The van der Waals surface area contributed by atoms with Gasteiger partial charge in [0.25, 0.3) is 5.91 Å². The largest absolute Gasteiger partial charge is 0.474 e. The lowest BCUT2D eigenvalue weighted by Crippen LogP contribution is -2.40. The van der Waals surface area contributed by atoms with Gasteiger partial charge in [-0.05, 0) is 66.5 Å². The van der Waals surface area contributed by atoms with Crippen molar-refractivity contribution in [2.45, 2.75) is 37.8 Å². The van der Waals surface area contributed by atoms with Gasteiger partial charge in [-0.1, -0.05) is 18.2 Å². The van der Waals surface area contributed by atoms with Crippen LogP contribution in [0.4, 0.5) is 0 Å². The highest BCUT2D eigenvalue weighted by atomic mass is 127. The van der Waals surface area contributed by atoms with Crippen LogP contribution in [-0.2, 0) is 0 Å². The van der Waals surface area contributed by atoms with Gasteiger partial charge >= 0.3 is 0 Å². The third-order valence-electron chi connectivity index (χ3n) is 4.05. The molecule has 23 heavy (non-hydrogen) atoms. The third-order valence-corrected chi connectivity index (χ3v) is 4.99. The Labute approximate surface area is 149 Å². The first-order valence-corrected chi connectivity index (χ1v) is 8.93. The summed E-state index contributed by atoms with van der Waals surface area (Å²) < 4.78 is 6.87. The molecule has 0 radical (unpaired) electrons. The molecule has 120 valence electrons. The van der Waals surface area contributed by atoms with E-state index in [0.717, 1.165) is 34.8 Å². The summed E-state index contributed by atoms with van der Waals surface area (Å²) in [6, 6.07) is 13.6. The van der Waals surface area contributed by atoms with Gasteiger partial charge < -0.3 is 10.1 Å². The van der Waals surface area contributed by atoms with E-state index in [4.69, 9.17) is 4.74 Å². The van der Waals surface area contributed by atoms with Gasteiger partial charge in [0.1, 0.15) is 6.10 Å². The minimum Gasteiger partial charge on any atom is -0.474 e. The van der Waals surface area contributed by atoms with Crippen molar-refractivity contribution >= 4 is 28.5 Å². The standard InChI is InChI=1S/C18H19IN2O2/c19-16-6-2-1-5-15(16)18(22)21-13-8-10-14(11-9-13)23-17-7-3-4-12-20-17/h1-7,12-14H,8-11H2,(H,21,22). The summed E-state index contributed by atoms with van der Waals surface area (Å²) in [5, 5.41) is 3.15. The van der Waals surface area contributed by atoms with Gasteiger partial charge in [0, 0.05) is 21.9 Å². The Morgan fingerprint density at radius 1 is 1.09 bits per heavy atom. The van der Waals surface area contributed by atoms with Crippen LogP contribution in [0.3, 0.4) is 0 Å². The fraction of sp³-hybridized carbons (Fsp3) is 0.333. The second-order valence-corrected chi connectivity index (χ2v) is 6.87. The second-order valence-electron chi connectivity index (χ2n) is 5.71. The normalized spacial score (nSPS) is 20.7. The van der Waals surface area contributed by atoms with Crippen LogP contribution in [0.5, 0.6) is 5.88 Å². The Kier molecular flexibility index (Phi) is 5.48. The molecule has 1 heterocycles. The van der Waals surface area contributed by atoms with Gasteiger partial charge in [-0.2, -0.15) is 0 Å². The number of hydrogen-bond acceptors (Lipinski definition) is 3. The number of carbonyl (C=O) groups is 1. The molecule has 0 bridgehead atoms. The van der Waals surface area contributed by atoms with E-state index in [1.807, 2.05) is 42.5 Å². The van der Waals surface area contributed by atoms with E-state index >= 15 is 0 Å². The van der Waals surface area contributed by atoms with Gasteiger partial charge in [-0.25, -0.2) is 4.98 Å². The minimum absolute atomic E-state index is 0.0177. The molecule has 2 aromatic rings. The van der Waals surface area contributed by atoms with Crippen molar-refractivity contribution in [3.63, 3.8) is 0 Å². The van der Waals surface area contributed by atoms with Crippen LogP contribution in [0, 0.1) is 3.57 Å². The fourth-order valence-electron chi connectivity index (χ4n) is 2.82. The Morgan fingerprint density at radius 2 is 1.83 bits per heavy atom. The lowest BCUT2D eigenvalue weighted by atomic mass is 9.92. The Hall–Kier alpha value is -1.63. The average Bonchev–Trinajstić information content (AvgIpc) is 2.58. The van der Waals surface area contributed by atoms with Crippen LogP contribution >= 0.6 is 22.6 Å². The summed E-state index contributed by atoms with van der Waals surface area (Å²) in [7, 11) is 0. The van der Waals surface area contributed by atoms with Gasteiger partial charge in [0.2, 0.25) is 5.88 Å². The molecule has 1 fully saturated rings. The van der Waals surface area contributed by atoms with Crippen molar-refractivity contribution in [3.8, 4) is 5.88 Å². The molecule has 3 rings (SSSR count). The van der Waals surface area contributed by atoms with E-state index < -0.39 is 0 Å². The van der Waals surface area contributed by atoms with Crippen molar-refractivity contribution in [1.82, 2.24) is 10.3 Å². The van der Waals surface area contributed by atoms with E-state index in [1.165, 1.54) is 0 Å². The number of amides is 1. The zero-order valence-corrected chi connectivity index (χ0v) is 14.9. The number of aromatic nitrogens is 1.